The Morgan fingerprint density at radius 1 is 1.79 bits per heavy atom. The SMILES string of the molecule is C[C@@H](C(=O)O)N1OC[C@@H](O)[C@H](N)C1=O. The number of hydroxylamine groups is 2. The number of hydrogen-bond donors (Lipinski definition) is 3. The van der Waals surface area contributed by atoms with Crippen LogP contribution in [0.25, 0.3) is 0 Å². The number of rotatable bonds is 2. The summed E-state index contributed by atoms with van der Waals surface area (Å²) in [4.78, 5) is 26.7. The summed E-state index contributed by atoms with van der Waals surface area (Å²) in [5.74, 6) is -1.92. The van der Waals surface area contributed by atoms with Gasteiger partial charge in [-0.25, -0.2) is 9.86 Å². The second kappa shape index (κ2) is 3.91. The number of carboxylic acid groups (broad SMARTS) is 1. The first kappa shape index (κ1) is 10.9. The fraction of sp³-hybridized carbons (Fsp3) is 0.714. The minimum atomic E-state index is -1.19. The van der Waals surface area contributed by atoms with Crippen molar-refractivity contribution in [1.29, 1.82) is 0 Å². The number of hydrogen-bond acceptors (Lipinski definition) is 5. The average Bonchev–Trinajstić information content (AvgIpc) is 2.13. The maximum Gasteiger partial charge on any atom is 0.328 e. The molecule has 1 fully saturated rings. The summed E-state index contributed by atoms with van der Waals surface area (Å²) in [6, 6.07) is -2.23. The second-order valence-electron chi connectivity index (χ2n) is 3.07. The first-order valence-electron chi connectivity index (χ1n) is 4.07. The Morgan fingerprint density at radius 2 is 2.36 bits per heavy atom. The van der Waals surface area contributed by atoms with Gasteiger partial charge in [0.1, 0.15) is 18.8 Å². The van der Waals surface area contributed by atoms with Crippen molar-refractivity contribution < 1.29 is 24.6 Å². The third kappa shape index (κ3) is 1.84. The van der Waals surface area contributed by atoms with Crippen molar-refractivity contribution >= 4 is 11.9 Å². The molecule has 3 atom stereocenters. The van der Waals surface area contributed by atoms with Gasteiger partial charge < -0.3 is 15.9 Å². The Kier molecular flexibility index (Phi) is 3.04. The first-order chi connectivity index (χ1) is 6.45. The van der Waals surface area contributed by atoms with Crippen molar-refractivity contribution in [3.63, 3.8) is 0 Å². The summed E-state index contributed by atoms with van der Waals surface area (Å²) < 4.78 is 0. The molecule has 80 valence electrons. The summed E-state index contributed by atoms with van der Waals surface area (Å²) in [5, 5.41) is 18.4. The Balaban J connectivity index is 2.73. The Bertz CT molecular complexity index is 256. The lowest BCUT2D eigenvalue weighted by atomic mass is 10.1. The van der Waals surface area contributed by atoms with Crippen LogP contribution in [0.2, 0.25) is 0 Å². The van der Waals surface area contributed by atoms with E-state index in [1.54, 1.807) is 0 Å². The van der Waals surface area contributed by atoms with E-state index >= 15 is 0 Å². The highest BCUT2D eigenvalue weighted by atomic mass is 16.7. The van der Waals surface area contributed by atoms with Crippen molar-refractivity contribution in [2.45, 2.75) is 25.1 Å². The van der Waals surface area contributed by atoms with Crippen LogP contribution < -0.4 is 5.73 Å². The fourth-order valence-electron chi connectivity index (χ4n) is 1.04. The maximum absolute atomic E-state index is 11.3. The second-order valence-corrected chi connectivity index (χ2v) is 3.07. The maximum atomic E-state index is 11.3. The highest BCUT2D eigenvalue weighted by molar-refractivity contribution is 5.86. The molecule has 0 saturated carbocycles. The zero-order chi connectivity index (χ0) is 10.9. The lowest BCUT2D eigenvalue weighted by molar-refractivity contribution is -0.231. The zero-order valence-corrected chi connectivity index (χ0v) is 7.58. The van der Waals surface area contributed by atoms with Crippen LogP contribution in [0.4, 0.5) is 0 Å². The molecule has 14 heavy (non-hydrogen) atoms. The van der Waals surface area contributed by atoms with E-state index in [1.165, 1.54) is 6.92 Å². The molecule has 0 aromatic carbocycles. The van der Waals surface area contributed by atoms with E-state index in [0.29, 0.717) is 5.06 Å². The highest BCUT2D eigenvalue weighted by Crippen LogP contribution is 2.11. The van der Waals surface area contributed by atoms with Gasteiger partial charge in [-0.3, -0.25) is 9.63 Å². The van der Waals surface area contributed by atoms with Crippen molar-refractivity contribution in [3.8, 4) is 0 Å². The monoisotopic (exact) mass is 204 g/mol. The third-order valence-electron chi connectivity index (χ3n) is 2.01. The van der Waals surface area contributed by atoms with Gasteiger partial charge in [-0.15, -0.1) is 0 Å². The van der Waals surface area contributed by atoms with Gasteiger partial charge in [0.2, 0.25) is 0 Å². The molecular formula is C7H12N2O5. The molecule has 1 amide bonds. The van der Waals surface area contributed by atoms with Gasteiger partial charge >= 0.3 is 5.97 Å². The minimum Gasteiger partial charge on any atom is -0.480 e. The molecule has 0 unspecified atom stereocenters. The molecule has 1 saturated heterocycles. The van der Waals surface area contributed by atoms with Crippen LogP contribution in [0, 0.1) is 0 Å². The largest absolute Gasteiger partial charge is 0.480 e. The van der Waals surface area contributed by atoms with Crippen molar-refractivity contribution in [2.75, 3.05) is 6.61 Å². The number of carboxylic acids is 1. The Morgan fingerprint density at radius 3 is 2.86 bits per heavy atom. The van der Waals surface area contributed by atoms with Crippen LogP contribution in [0.3, 0.4) is 0 Å². The summed E-state index contributed by atoms with van der Waals surface area (Å²) >= 11 is 0. The molecule has 0 aromatic heterocycles. The van der Waals surface area contributed by atoms with Gasteiger partial charge in [0.25, 0.3) is 5.91 Å². The molecule has 0 aromatic rings. The number of aliphatic carboxylic acids is 1. The quantitative estimate of drug-likeness (QED) is 0.476. The number of aliphatic hydroxyl groups excluding tert-OH is 1. The Labute approximate surface area is 80.0 Å². The van der Waals surface area contributed by atoms with Gasteiger partial charge in [-0.05, 0) is 6.92 Å². The van der Waals surface area contributed by atoms with E-state index in [0.717, 1.165) is 0 Å². The van der Waals surface area contributed by atoms with E-state index in [-0.39, 0.29) is 6.61 Å². The van der Waals surface area contributed by atoms with Gasteiger partial charge in [0.15, 0.2) is 6.04 Å². The summed E-state index contributed by atoms with van der Waals surface area (Å²) in [7, 11) is 0. The predicted octanol–water partition coefficient (Wildman–Crippen LogP) is -2.08. The van der Waals surface area contributed by atoms with Crippen LogP contribution in [-0.4, -0.2) is 51.9 Å². The smallest absolute Gasteiger partial charge is 0.328 e. The van der Waals surface area contributed by atoms with Gasteiger partial charge in [-0.1, -0.05) is 0 Å². The van der Waals surface area contributed by atoms with Crippen molar-refractivity contribution in [1.82, 2.24) is 5.06 Å². The molecule has 1 aliphatic heterocycles. The first-order valence-corrected chi connectivity index (χ1v) is 4.07. The molecule has 1 heterocycles. The number of carbonyl (C=O) groups is 2. The molecule has 7 nitrogen and oxygen atoms in total. The highest BCUT2D eigenvalue weighted by Gasteiger charge is 2.38. The number of amides is 1. The van der Waals surface area contributed by atoms with Crippen LogP contribution in [0.5, 0.6) is 0 Å². The lowest BCUT2D eigenvalue weighted by Gasteiger charge is -2.34. The average molecular weight is 204 g/mol. The fourth-order valence-corrected chi connectivity index (χ4v) is 1.04. The van der Waals surface area contributed by atoms with E-state index < -0.39 is 30.1 Å². The lowest BCUT2D eigenvalue weighted by Crippen LogP contribution is -2.60. The van der Waals surface area contributed by atoms with Crippen LogP contribution in [0.1, 0.15) is 6.92 Å². The molecule has 1 aliphatic rings. The third-order valence-corrected chi connectivity index (χ3v) is 2.01. The number of carbonyl (C=O) groups excluding carboxylic acids is 1. The molecule has 1 rings (SSSR count). The molecular weight excluding hydrogens is 192 g/mol. The zero-order valence-electron chi connectivity index (χ0n) is 7.58. The van der Waals surface area contributed by atoms with Gasteiger partial charge in [-0.2, -0.15) is 0 Å². The van der Waals surface area contributed by atoms with Crippen molar-refractivity contribution in [3.05, 3.63) is 0 Å². The molecule has 4 N–H and O–H groups in total. The van der Waals surface area contributed by atoms with E-state index in [1.807, 2.05) is 0 Å². The van der Waals surface area contributed by atoms with Crippen LogP contribution in [-0.2, 0) is 14.4 Å². The van der Waals surface area contributed by atoms with Gasteiger partial charge in [0, 0.05) is 0 Å². The normalized spacial score (nSPS) is 30.2. The van der Waals surface area contributed by atoms with E-state index in [2.05, 4.69) is 0 Å². The minimum absolute atomic E-state index is 0.176. The summed E-state index contributed by atoms with van der Waals surface area (Å²) in [6.45, 7) is 1.12. The summed E-state index contributed by atoms with van der Waals surface area (Å²) in [6.07, 6.45) is -1.08. The van der Waals surface area contributed by atoms with E-state index in [9.17, 15) is 9.59 Å². The van der Waals surface area contributed by atoms with Crippen molar-refractivity contribution in [2.24, 2.45) is 5.73 Å². The molecule has 0 bridgehead atoms. The predicted molar refractivity (Wildman–Crippen MR) is 43.9 cm³/mol. The Hall–Kier alpha value is -1.18. The molecule has 0 aliphatic carbocycles. The van der Waals surface area contributed by atoms with Crippen LogP contribution >= 0.6 is 0 Å². The summed E-state index contributed by atoms with van der Waals surface area (Å²) in [5.41, 5.74) is 5.34. The number of aliphatic hydroxyl groups is 1. The number of nitrogens with zero attached hydrogens (tertiary/aromatic N) is 1. The van der Waals surface area contributed by atoms with E-state index in [4.69, 9.17) is 20.8 Å². The molecule has 0 radical (unpaired) electrons. The standard InChI is InChI=1S/C7H12N2O5/c1-3(7(12)13)9-6(11)5(8)4(10)2-14-9/h3-5,10H,2,8H2,1H3,(H,12,13)/t3-,4+,5-/m0/s1. The molecule has 0 spiro atoms. The van der Waals surface area contributed by atoms with Crippen LogP contribution in [0.15, 0.2) is 0 Å². The topological polar surface area (TPSA) is 113 Å². The molecule has 7 heteroatoms. The number of nitrogens with two attached hydrogens (primary N) is 1. The van der Waals surface area contributed by atoms with Gasteiger partial charge in [0.05, 0.1) is 0 Å².